The predicted molar refractivity (Wildman–Crippen MR) is 97.6 cm³/mol. The number of benzene rings is 1. The van der Waals surface area contributed by atoms with E-state index in [-0.39, 0.29) is 18.0 Å². The number of hydrogen-bond acceptors (Lipinski definition) is 5. The van der Waals surface area contributed by atoms with Crippen LogP contribution >= 0.6 is 0 Å². The number of rotatable bonds is 5. The Bertz CT molecular complexity index is 763. The average molecular weight is 338 g/mol. The molecular weight excluding hydrogens is 316 g/mol. The second-order valence-electron chi connectivity index (χ2n) is 6.18. The van der Waals surface area contributed by atoms with E-state index >= 15 is 0 Å². The molecule has 3 rings (SSSR count). The summed E-state index contributed by atoms with van der Waals surface area (Å²) in [5.41, 5.74) is 12.0. The van der Waals surface area contributed by atoms with E-state index in [4.69, 9.17) is 4.42 Å². The fraction of sp³-hybridized carbons (Fsp3) is 0.263. The molecule has 2 heterocycles. The predicted octanol–water partition coefficient (Wildman–Crippen LogP) is 2.70. The number of hydrazone groups is 1. The molecule has 0 bridgehead atoms. The molecule has 130 valence electrons. The second-order valence-corrected chi connectivity index (χ2v) is 6.18. The van der Waals surface area contributed by atoms with Gasteiger partial charge in [-0.2, -0.15) is 5.10 Å². The van der Waals surface area contributed by atoms with Gasteiger partial charge in [-0.15, -0.1) is 0 Å². The first-order chi connectivity index (χ1) is 12.1. The second kappa shape index (κ2) is 7.92. The van der Waals surface area contributed by atoms with Crippen molar-refractivity contribution < 1.29 is 9.21 Å². The molecule has 1 amide bonds. The third kappa shape index (κ3) is 4.65. The summed E-state index contributed by atoms with van der Waals surface area (Å²) in [6.07, 6.45) is 5.73. The summed E-state index contributed by atoms with van der Waals surface area (Å²) in [7, 11) is 0. The van der Waals surface area contributed by atoms with Crippen LogP contribution in [0.4, 0.5) is 0 Å². The maximum absolute atomic E-state index is 12.2. The van der Waals surface area contributed by atoms with E-state index in [9.17, 15) is 4.79 Å². The van der Waals surface area contributed by atoms with E-state index in [1.54, 1.807) is 12.5 Å². The fourth-order valence-corrected chi connectivity index (χ4v) is 2.66. The van der Waals surface area contributed by atoms with Crippen LogP contribution in [0.15, 0.2) is 57.8 Å². The molecule has 0 radical (unpaired) electrons. The molecule has 2 atom stereocenters. The van der Waals surface area contributed by atoms with Crippen LogP contribution in [-0.4, -0.2) is 18.2 Å². The van der Waals surface area contributed by atoms with E-state index in [0.717, 1.165) is 16.9 Å². The standard InChI is InChI=1S/C19H22N4O2/c1-13-5-7-15(8-6-13)17-11-18(22-21-17)19(24)23-20-12-14(2)10-16-4-3-9-25-16/h3-10,12,17-18,21-22H,11H2,1-2H3,(H,23,24)/b14-10-,20-12+. The summed E-state index contributed by atoms with van der Waals surface area (Å²) >= 11 is 0. The average Bonchev–Trinajstić information content (AvgIpc) is 3.27. The van der Waals surface area contributed by atoms with Gasteiger partial charge in [-0.05, 0) is 49.6 Å². The molecule has 0 saturated carbocycles. The van der Waals surface area contributed by atoms with Crippen molar-refractivity contribution in [3.63, 3.8) is 0 Å². The van der Waals surface area contributed by atoms with Crippen molar-refractivity contribution >= 4 is 18.2 Å². The van der Waals surface area contributed by atoms with Crippen LogP contribution in [0.2, 0.25) is 0 Å². The minimum absolute atomic E-state index is 0.112. The zero-order chi connectivity index (χ0) is 17.6. The van der Waals surface area contributed by atoms with Gasteiger partial charge in [0.15, 0.2) is 0 Å². The van der Waals surface area contributed by atoms with Gasteiger partial charge < -0.3 is 4.42 Å². The highest BCUT2D eigenvalue weighted by molar-refractivity contribution is 5.87. The van der Waals surface area contributed by atoms with E-state index in [0.29, 0.717) is 6.42 Å². The van der Waals surface area contributed by atoms with Gasteiger partial charge in [0.1, 0.15) is 11.8 Å². The molecule has 1 aromatic heterocycles. The fourth-order valence-electron chi connectivity index (χ4n) is 2.66. The van der Waals surface area contributed by atoms with Crippen LogP contribution in [0.3, 0.4) is 0 Å². The third-order valence-corrected chi connectivity index (χ3v) is 4.06. The van der Waals surface area contributed by atoms with Crippen molar-refractivity contribution in [2.75, 3.05) is 0 Å². The van der Waals surface area contributed by atoms with Crippen molar-refractivity contribution in [3.8, 4) is 0 Å². The Morgan fingerprint density at radius 1 is 1.28 bits per heavy atom. The lowest BCUT2D eigenvalue weighted by atomic mass is 10.0. The summed E-state index contributed by atoms with van der Waals surface area (Å²) in [5.74, 6) is 0.585. The monoisotopic (exact) mass is 338 g/mol. The summed E-state index contributed by atoms with van der Waals surface area (Å²) in [4.78, 5) is 12.2. The van der Waals surface area contributed by atoms with Gasteiger partial charge in [-0.1, -0.05) is 29.8 Å². The lowest BCUT2D eigenvalue weighted by molar-refractivity contribution is -0.122. The Morgan fingerprint density at radius 2 is 2.08 bits per heavy atom. The number of nitrogens with zero attached hydrogens (tertiary/aromatic N) is 1. The number of allylic oxidation sites excluding steroid dienone is 1. The minimum Gasteiger partial charge on any atom is -0.465 e. The van der Waals surface area contributed by atoms with Crippen LogP contribution in [0.5, 0.6) is 0 Å². The van der Waals surface area contributed by atoms with Crippen LogP contribution < -0.4 is 16.3 Å². The van der Waals surface area contributed by atoms with E-state index < -0.39 is 0 Å². The van der Waals surface area contributed by atoms with Crippen LogP contribution in [0.25, 0.3) is 6.08 Å². The third-order valence-electron chi connectivity index (χ3n) is 4.06. The molecule has 6 nitrogen and oxygen atoms in total. The van der Waals surface area contributed by atoms with E-state index in [2.05, 4.69) is 52.6 Å². The van der Waals surface area contributed by atoms with E-state index in [1.807, 2.05) is 25.1 Å². The minimum atomic E-state index is -0.321. The first-order valence-electron chi connectivity index (χ1n) is 8.24. The topological polar surface area (TPSA) is 78.7 Å². The van der Waals surface area contributed by atoms with Crippen LogP contribution in [0, 0.1) is 6.92 Å². The molecule has 2 aromatic rings. The first-order valence-corrected chi connectivity index (χ1v) is 8.24. The van der Waals surface area contributed by atoms with Gasteiger partial charge in [-0.25, -0.2) is 16.3 Å². The Kier molecular flexibility index (Phi) is 5.42. The molecule has 1 fully saturated rings. The molecule has 2 unspecified atom stereocenters. The summed E-state index contributed by atoms with van der Waals surface area (Å²) in [5, 5.41) is 4.00. The molecule has 1 aromatic carbocycles. The van der Waals surface area contributed by atoms with Gasteiger partial charge in [-0.3, -0.25) is 4.79 Å². The molecule has 25 heavy (non-hydrogen) atoms. The van der Waals surface area contributed by atoms with Crippen LogP contribution in [-0.2, 0) is 4.79 Å². The summed E-state index contributed by atoms with van der Waals surface area (Å²) in [6.45, 7) is 3.95. The number of carbonyl (C=O) groups is 1. The summed E-state index contributed by atoms with van der Waals surface area (Å²) < 4.78 is 5.23. The lowest BCUT2D eigenvalue weighted by Gasteiger charge is -2.09. The first kappa shape index (κ1) is 17.1. The molecule has 0 spiro atoms. The van der Waals surface area contributed by atoms with Gasteiger partial charge in [0, 0.05) is 6.04 Å². The van der Waals surface area contributed by atoms with E-state index in [1.165, 1.54) is 5.56 Å². The molecular formula is C19H22N4O2. The highest BCUT2D eigenvalue weighted by atomic mass is 16.3. The number of aryl methyl sites for hydroxylation is 1. The Hall–Kier alpha value is -2.70. The maximum atomic E-state index is 12.2. The summed E-state index contributed by atoms with van der Waals surface area (Å²) in [6, 6.07) is 11.8. The zero-order valence-corrected chi connectivity index (χ0v) is 14.3. The molecule has 1 saturated heterocycles. The Labute approximate surface area is 147 Å². The zero-order valence-electron chi connectivity index (χ0n) is 14.3. The number of carbonyl (C=O) groups excluding carboxylic acids is 1. The number of hydrazine groups is 1. The van der Waals surface area contributed by atoms with Crippen molar-refractivity contribution in [2.45, 2.75) is 32.4 Å². The molecule has 0 aliphatic carbocycles. The number of hydrogen-bond donors (Lipinski definition) is 3. The van der Waals surface area contributed by atoms with Gasteiger partial charge >= 0.3 is 0 Å². The largest absolute Gasteiger partial charge is 0.465 e. The molecule has 3 N–H and O–H groups in total. The number of nitrogens with one attached hydrogen (secondary N) is 3. The maximum Gasteiger partial charge on any atom is 0.258 e. The van der Waals surface area contributed by atoms with Crippen LogP contribution in [0.1, 0.15) is 36.3 Å². The van der Waals surface area contributed by atoms with Gasteiger partial charge in [0.05, 0.1) is 12.5 Å². The molecule has 1 aliphatic heterocycles. The van der Waals surface area contributed by atoms with Crippen molar-refractivity contribution in [2.24, 2.45) is 5.10 Å². The normalized spacial score (nSPS) is 21.0. The van der Waals surface area contributed by atoms with Crippen molar-refractivity contribution in [1.29, 1.82) is 0 Å². The highest BCUT2D eigenvalue weighted by Gasteiger charge is 2.29. The quantitative estimate of drug-likeness (QED) is 0.578. The van der Waals surface area contributed by atoms with Crippen molar-refractivity contribution in [1.82, 2.24) is 16.3 Å². The van der Waals surface area contributed by atoms with Gasteiger partial charge in [0.25, 0.3) is 5.91 Å². The highest BCUT2D eigenvalue weighted by Crippen LogP contribution is 2.22. The smallest absolute Gasteiger partial charge is 0.258 e. The molecule has 1 aliphatic rings. The van der Waals surface area contributed by atoms with Crippen molar-refractivity contribution in [3.05, 3.63) is 65.1 Å². The Morgan fingerprint density at radius 3 is 2.80 bits per heavy atom. The van der Waals surface area contributed by atoms with Gasteiger partial charge in [0.2, 0.25) is 0 Å². The Balaban J connectivity index is 1.50. The SMILES string of the molecule is CC(=C/c1ccco1)/C=N/NC(=O)C1CC(c2ccc(C)cc2)NN1. The molecule has 6 heteroatoms. The number of furan rings is 1. The lowest BCUT2D eigenvalue weighted by Crippen LogP contribution is -2.41. The number of amides is 1.